The molecule has 5 heteroatoms. The lowest BCUT2D eigenvalue weighted by Gasteiger charge is -2.07. The quantitative estimate of drug-likeness (QED) is 0.888. The first kappa shape index (κ1) is 12.9. The van der Waals surface area contributed by atoms with E-state index in [0.717, 1.165) is 0 Å². The largest absolute Gasteiger partial charge is 0.478 e. The van der Waals surface area contributed by atoms with E-state index in [2.05, 4.69) is 5.32 Å². The molecule has 1 amide bonds. The van der Waals surface area contributed by atoms with Gasteiger partial charge in [-0.1, -0.05) is 0 Å². The molecule has 5 nitrogen and oxygen atoms in total. The average Bonchev–Trinajstić information content (AvgIpc) is 2.78. The Morgan fingerprint density at radius 2 is 1.89 bits per heavy atom. The Balaban J connectivity index is 2.20. The minimum absolute atomic E-state index is 0.185. The van der Waals surface area contributed by atoms with E-state index in [9.17, 15) is 9.59 Å². The summed E-state index contributed by atoms with van der Waals surface area (Å²) in [4.78, 5) is 22.7. The molecule has 0 fully saturated rings. The van der Waals surface area contributed by atoms with Crippen LogP contribution in [0.3, 0.4) is 0 Å². The van der Waals surface area contributed by atoms with Crippen LogP contribution in [0.4, 0.5) is 5.69 Å². The Bertz CT molecular complexity index is 643. The van der Waals surface area contributed by atoms with Gasteiger partial charge in [-0.25, -0.2) is 4.79 Å². The van der Waals surface area contributed by atoms with Crippen molar-refractivity contribution in [1.82, 2.24) is 0 Å². The van der Waals surface area contributed by atoms with Gasteiger partial charge in [0.25, 0.3) is 5.91 Å². The summed E-state index contributed by atoms with van der Waals surface area (Å²) in [6.07, 6.45) is 0. The van der Waals surface area contributed by atoms with Gasteiger partial charge in [-0.3, -0.25) is 4.79 Å². The zero-order valence-corrected chi connectivity index (χ0v) is 10.6. The molecule has 0 radical (unpaired) electrons. The summed E-state index contributed by atoms with van der Waals surface area (Å²) in [5.74, 6) is -0.482. The molecule has 0 aliphatic rings. The highest BCUT2D eigenvalue weighted by Gasteiger charge is 2.12. The summed E-state index contributed by atoms with van der Waals surface area (Å²) in [7, 11) is 0. The van der Waals surface area contributed by atoms with Crippen LogP contribution < -0.4 is 5.32 Å². The highest BCUT2D eigenvalue weighted by Crippen LogP contribution is 2.18. The van der Waals surface area contributed by atoms with Gasteiger partial charge in [-0.2, -0.15) is 0 Å². The summed E-state index contributed by atoms with van der Waals surface area (Å²) in [6, 6.07) is 7.80. The number of hydrogen-bond donors (Lipinski definition) is 2. The van der Waals surface area contributed by atoms with E-state index in [1.165, 1.54) is 12.1 Å². The molecule has 19 heavy (non-hydrogen) atoms. The van der Waals surface area contributed by atoms with E-state index in [0.29, 0.717) is 17.0 Å². The van der Waals surface area contributed by atoms with Gasteiger partial charge >= 0.3 is 5.97 Å². The fraction of sp³-hybridized carbons (Fsp3) is 0.143. The third kappa shape index (κ3) is 2.82. The lowest BCUT2D eigenvalue weighted by Crippen LogP contribution is -2.12. The number of carbonyl (C=O) groups excluding carboxylic acids is 1. The molecule has 0 aliphatic heterocycles. The molecule has 2 aromatic rings. The summed E-state index contributed by atoms with van der Waals surface area (Å²) >= 11 is 0. The van der Waals surface area contributed by atoms with Gasteiger partial charge < -0.3 is 14.8 Å². The smallest absolute Gasteiger partial charge is 0.335 e. The van der Waals surface area contributed by atoms with E-state index < -0.39 is 5.97 Å². The number of nitrogens with one attached hydrogen (secondary N) is 1. The van der Waals surface area contributed by atoms with E-state index in [-0.39, 0.29) is 17.2 Å². The number of hydrogen-bond acceptors (Lipinski definition) is 3. The van der Waals surface area contributed by atoms with Crippen LogP contribution in [0, 0.1) is 13.8 Å². The lowest BCUT2D eigenvalue weighted by molar-refractivity contribution is 0.0696. The molecule has 0 aliphatic carbocycles. The SMILES string of the molecule is Cc1ccc(C(=O)Nc2ccc(C(=O)O)cc2C)o1. The number of carboxylic acid groups (broad SMARTS) is 1. The van der Waals surface area contributed by atoms with Crippen molar-refractivity contribution in [2.45, 2.75) is 13.8 Å². The van der Waals surface area contributed by atoms with Gasteiger partial charge in [0, 0.05) is 5.69 Å². The second-order valence-corrected chi connectivity index (χ2v) is 4.20. The van der Waals surface area contributed by atoms with Crippen molar-refractivity contribution in [1.29, 1.82) is 0 Å². The van der Waals surface area contributed by atoms with Gasteiger partial charge in [0.05, 0.1) is 5.56 Å². The maximum absolute atomic E-state index is 11.9. The first-order valence-corrected chi connectivity index (χ1v) is 5.69. The third-order valence-corrected chi connectivity index (χ3v) is 2.69. The maximum atomic E-state index is 11.9. The number of furan rings is 1. The molecule has 1 aromatic carbocycles. The number of carboxylic acids is 1. The highest BCUT2D eigenvalue weighted by atomic mass is 16.4. The van der Waals surface area contributed by atoms with Crippen LogP contribution in [0.2, 0.25) is 0 Å². The number of carbonyl (C=O) groups is 2. The van der Waals surface area contributed by atoms with E-state index >= 15 is 0 Å². The van der Waals surface area contributed by atoms with Crippen molar-refractivity contribution in [2.75, 3.05) is 5.32 Å². The first-order valence-electron chi connectivity index (χ1n) is 5.69. The van der Waals surface area contributed by atoms with Crippen LogP contribution in [-0.2, 0) is 0 Å². The molecule has 0 bridgehead atoms. The highest BCUT2D eigenvalue weighted by molar-refractivity contribution is 6.03. The molecule has 0 saturated carbocycles. The predicted molar refractivity (Wildman–Crippen MR) is 69.5 cm³/mol. The van der Waals surface area contributed by atoms with Gasteiger partial charge in [0.2, 0.25) is 0 Å². The monoisotopic (exact) mass is 259 g/mol. The number of aryl methyl sites for hydroxylation is 2. The van der Waals surface area contributed by atoms with Crippen molar-refractivity contribution in [3.8, 4) is 0 Å². The van der Waals surface area contributed by atoms with Crippen LogP contribution in [0.5, 0.6) is 0 Å². The zero-order valence-electron chi connectivity index (χ0n) is 10.6. The Hall–Kier alpha value is -2.56. The third-order valence-electron chi connectivity index (χ3n) is 2.69. The van der Waals surface area contributed by atoms with Gasteiger partial charge in [-0.05, 0) is 49.7 Å². The summed E-state index contributed by atoms with van der Waals surface area (Å²) in [6.45, 7) is 3.49. The molecule has 0 saturated heterocycles. The minimum atomic E-state index is -0.998. The Morgan fingerprint density at radius 3 is 2.42 bits per heavy atom. The molecule has 0 atom stereocenters. The van der Waals surface area contributed by atoms with Crippen LogP contribution in [-0.4, -0.2) is 17.0 Å². The first-order chi connectivity index (χ1) is 8.97. The minimum Gasteiger partial charge on any atom is -0.478 e. The molecular formula is C14H13NO4. The average molecular weight is 259 g/mol. The number of rotatable bonds is 3. The molecule has 1 aromatic heterocycles. The van der Waals surface area contributed by atoms with E-state index in [1.54, 1.807) is 32.0 Å². The molecule has 98 valence electrons. The van der Waals surface area contributed by atoms with Crippen LogP contribution in [0.25, 0.3) is 0 Å². The second-order valence-electron chi connectivity index (χ2n) is 4.20. The van der Waals surface area contributed by atoms with Crippen molar-refractivity contribution in [2.24, 2.45) is 0 Å². The second kappa shape index (κ2) is 4.97. The Labute approximate surface area is 109 Å². The number of aromatic carboxylic acids is 1. The molecule has 1 heterocycles. The Kier molecular flexibility index (Phi) is 3.37. The molecular weight excluding hydrogens is 246 g/mol. The van der Waals surface area contributed by atoms with Gasteiger partial charge in [0.15, 0.2) is 5.76 Å². The normalized spacial score (nSPS) is 10.2. The predicted octanol–water partition coefficient (Wildman–Crippen LogP) is 2.85. The van der Waals surface area contributed by atoms with Crippen LogP contribution in [0.1, 0.15) is 32.2 Å². The van der Waals surface area contributed by atoms with E-state index in [1.807, 2.05) is 0 Å². The Morgan fingerprint density at radius 1 is 1.16 bits per heavy atom. The fourth-order valence-corrected chi connectivity index (χ4v) is 1.68. The number of amides is 1. The van der Waals surface area contributed by atoms with Crippen molar-refractivity contribution >= 4 is 17.6 Å². The molecule has 0 unspecified atom stereocenters. The molecule has 2 rings (SSSR count). The van der Waals surface area contributed by atoms with Crippen molar-refractivity contribution in [3.63, 3.8) is 0 Å². The van der Waals surface area contributed by atoms with E-state index in [4.69, 9.17) is 9.52 Å². The molecule has 2 N–H and O–H groups in total. The van der Waals surface area contributed by atoms with Gasteiger partial charge in [-0.15, -0.1) is 0 Å². The number of anilines is 1. The summed E-state index contributed by atoms with van der Waals surface area (Å²) in [5, 5.41) is 11.5. The van der Waals surface area contributed by atoms with Crippen molar-refractivity contribution < 1.29 is 19.1 Å². The van der Waals surface area contributed by atoms with Crippen LogP contribution >= 0.6 is 0 Å². The van der Waals surface area contributed by atoms with Crippen LogP contribution in [0.15, 0.2) is 34.7 Å². The zero-order chi connectivity index (χ0) is 14.0. The topological polar surface area (TPSA) is 79.5 Å². The van der Waals surface area contributed by atoms with Gasteiger partial charge in [0.1, 0.15) is 5.76 Å². The summed E-state index contributed by atoms with van der Waals surface area (Å²) < 4.78 is 5.21. The lowest BCUT2D eigenvalue weighted by atomic mass is 10.1. The number of benzene rings is 1. The van der Waals surface area contributed by atoms with Crippen molar-refractivity contribution in [3.05, 3.63) is 53.0 Å². The standard InChI is InChI=1S/C14H13NO4/c1-8-7-10(14(17)18)4-5-11(8)15-13(16)12-6-3-9(2)19-12/h3-7H,1-2H3,(H,15,16)(H,17,18). The summed E-state index contributed by atoms with van der Waals surface area (Å²) in [5.41, 5.74) is 1.42. The molecule has 0 spiro atoms. The maximum Gasteiger partial charge on any atom is 0.335 e. The fourth-order valence-electron chi connectivity index (χ4n) is 1.68.